The fourth-order valence-corrected chi connectivity index (χ4v) is 5.19. The smallest absolute Gasteiger partial charge is 0.248 e. The summed E-state index contributed by atoms with van der Waals surface area (Å²) in [6.07, 6.45) is 1.66. The zero-order valence-electron chi connectivity index (χ0n) is 8.75. The van der Waals surface area contributed by atoms with Crippen LogP contribution < -0.4 is 4.72 Å². The van der Waals surface area contributed by atoms with Crippen LogP contribution in [0.3, 0.4) is 0 Å². The van der Waals surface area contributed by atoms with Gasteiger partial charge in [-0.05, 0) is 35.0 Å². The highest BCUT2D eigenvalue weighted by Gasteiger charge is 2.21. The van der Waals surface area contributed by atoms with Gasteiger partial charge in [0.05, 0.1) is 9.83 Å². The van der Waals surface area contributed by atoms with Gasteiger partial charge in [0, 0.05) is 11.6 Å². The van der Waals surface area contributed by atoms with Crippen molar-refractivity contribution >= 4 is 48.6 Å². The normalized spacial score (nSPS) is 13.8. The molecule has 0 spiro atoms. The highest BCUT2D eigenvalue weighted by molar-refractivity contribution is 9.11. The predicted molar refractivity (Wildman–Crippen MR) is 72.9 cm³/mol. The predicted octanol–water partition coefficient (Wildman–Crippen LogP) is 3.01. The minimum absolute atomic E-state index is 0.299. The Labute approximate surface area is 116 Å². The fraction of sp³-hybridized carbons (Fsp3) is 0.222. The molecule has 0 saturated carbocycles. The average molecular weight is 353 g/mol. The first-order chi connectivity index (χ1) is 7.99. The van der Waals surface area contributed by atoms with Gasteiger partial charge in [0.15, 0.2) is 0 Å². The Kier molecular flexibility index (Phi) is 3.99. The van der Waals surface area contributed by atoms with Crippen LogP contribution in [0.15, 0.2) is 31.7 Å². The maximum absolute atomic E-state index is 12.0. The minimum atomic E-state index is -3.46. The van der Waals surface area contributed by atoms with Crippen LogP contribution in [0.2, 0.25) is 0 Å². The number of nitrogens with zero attached hydrogens (tertiary/aromatic N) is 1. The average Bonchev–Trinajstić information content (AvgIpc) is 2.86. The van der Waals surface area contributed by atoms with E-state index in [-0.39, 0.29) is 6.04 Å². The molecule has 92 valence electrons. The lowest BCUT2D eigenvalue weighted by Gasteiger charge is -2.10. The summed E-state index contributed by atoms with van der Waals surface area (Å²) in [6, 6.07) is 2.97. The van der Waals surface area contributed by atoms with Gasteiger partial charge in [-0.2, -0.15) is 0 Å². The van der Waals surface area contributed by atoms with Gasteiger partial charge in [0.25, 0.3) is 10.0 Å². The zero-order valence-corrected chi connectivity index (χ0v) is 12.8. The molecule has 0 aliphatic heterocycles. The molecular formula is C9H9BrN2O2S3. The lowest BCUT2D eigenvalue weighted by Crippen LogP contribution is -2.26. The summed E-state index contributed by atoms with van der Waals surface area (Å²) in [4.78, 5) is 4.08. The molecule has 0 aliphatic carbocycles. The van der Waals surface area contributed by atoms with E-state index in [1.54, 1.807) is 25.3 Å². The van der Waals surface area contributed by atoms with Crippen molar-refractivity contribution in [2.75, 3.05) is 0 Å². The van der Waals surface area contributed by atoms with Crippen molar-refractivity contribution in [2.24, 2.45) is 0 Å². The zero-order chi connectivity index (χ0) is 12.5. The summed E-state index contributed by atoms with van der Waals surface area (Å²) in [6.45, 7) is 1.78. The Morgan fingerprint density at radius 2 is 2.24 bits per heavy atom. The summed E-state index contributed by atoms with van der Waals surface area (Å²) >= 11 is 5.86. The maximum atomic E-state index is 12.0. The third-order valence-corrected chi connectivity index (χ3v) is 6.58. The van der Waals surface area contributed by atoms with E-state index in [1.807, 2.05) is 5.38 Å². The van der Waals surface area contributed by atoms with Crippen LogP contribution in [-0.4, -0.2) is 13.4 Å². The highest BCUT2D eigenvalue weighted by atomic mass is 79.9. The molecule has 0 saturated heterocycles. The SMILES string of the molecule is CC(NS(=O)(=O)c1ccc(Br)s1)c1nccs1. The molecule has 0 aliphatic rings. The van der Waals surface area contributed by atoms with Gasteiger partial charge in [-0.15, -0.1) is 22.7 Å². The van der Waals surface area contributed by atoms with Crippen LogP contribution in [0, 0.1) is 0 Å². The number of halogens is 1. The Balaban J connectivity index is 2.18. The Hall–Kier alpha value is -0.280. The minimum Gasteiger partial charge on any atom is -0.248 e. The molecule has 2 heterocycles. The molecule has 1 atom stereocenters. The summed E-state index contributed by atoms with van der Waals surface area (Å²) in [7, 11) is -3.46. The number of nitrogens with one attached hydrogen (secondary N) is 1. The third kappa shape index (κ3) is 3.14. The van der Waals surface area contributed by atoms with Crippen LogP contribution in [0.5, 0.6) is 0 Å². The van der Waals surface area contributed by atoms with Crippen LogP contribution in [0.1, 0.15) is 18.0 Å². The van der Waals surface area contributed by atoms with Crippen LogP contribution in [0.4, 0.5) is 0 Å². The van der Waals surface area contributed by atoms with Crippen molar-refractivity contribution in [3.63, 3.8) is 0 Å². The fourth-order valence-electron chi connectivity index (χ4n) is 1.23. The van der Waals surface area contributed by atoms with Crippen molar-refractivity contribution in [1.82, 2.24) is 9.71 Å². The Morgan fingerprint density at radius 3 is 2.76 bits per heavy atom. The highest BCUT2D eigenvalue weighted by Crippen LogP contribution is 2.27. The quantitative estimate of drug-likeness (QED) is 0.919. The number of thiophene rings is 1. The molecule has 1 unspecified atom stereocenters. The molecule has 0 radical (unpaired) electrons. The van der Waals surface area contributed by atoms with E-state index in [9.17, 15) is 8.42 Å². The standard InChI is InChI=1S/C9H9BrN2O2S3/c1-6(9-11-4-5-15-9)12-17(13,14)8-3-2-7(10)16-8/h2-6,12H,1H3. The van der Waals surface area contributed by atoms with E-state index in [0.717, 1.165) is 8.79 Å². The number of thiazole rings is 1. The van der Waals surface area contributed by atoms with Crippen LogP contribution in [-0.2, 0) is 10.0 Å². The van der Waals surface area contributed by atoms with Gasteiger partial charge in [-0.3, -0.25) is 0 Å². The number of aromatic nitrogens is 1. The van der Waals surface area contributed by atoms with Crippen molar-refractivity contribution in [2.45, 2.75) is 17.2 Å². The molecule has 4 nitrogen and oxygen atoms in total. The van der Waals surface area contributed by atoms with Crippen molar-refractivity contribution in [3.8, 4) is 0 Å². The van der Waals surface area contributed by atoms with Gasteiger partial charge in [0.1, 0.15) is 9.22 Å². The number of hydrogen-bond acceptors (Lipinski definition) is 5. The third-order valence-electron chi connectivity index (χ3n) is 1.97. The molecule has 1 N–H and O–H groups in total. The Morgan fingerprint density at radius 1 is 1.47 bits per heavy atom. The number of rotatable bonds is 4. The molecule has 2 rings (SSSR count). The summed E-state index contributed by atoms with van der Waals surface area (Å²) in [5.74, 6) is 0. The number of sulfonamides is 1. The molecule has 2 aromatic heterocycles. The molecule has 0 amide bonds. The maximum Gasteiger partial charge on any atom is 0.250 e. The van der Waals surface area contributed by atoms with E-state index < -0.39 is 10.0 Å². The molecule has 0 aromatic carbocycles. The summed E-state index contributed by atoms with van der Waals surface area (Å²) < 4.78 is 27.7. The van der Waals surface area contributed by atoms with Crippen LogP contribution in [0.25, 0.3) is 0 Å². The lowest BCUT2D eigenvalue weighted by molar-refractivity contribution is 0.568. The lowest BCUT2D eigenvalue weighted by atomic mass is 10.4. The monoisotopic (exact) mass is 352 g/mol. The van der Waals surface area contributed by atoms with Gasteiger partial charge >= 0.3 is 0 Å². The first kappa shape index (κ1) is 13.2. The molecule has 2 aromatic rings. The second kappa shape index (κ2) is 5.15. The van der Waals surface area contributed by atoms with Gasteiger partial charge in [-0.1, -0.05) is 0 Å². The second-order valence-corrected chi connectivity index (χ2v) is 8.60. The topological polar surface area (TPSA) is 59.1 Å². The molecular weight excluding hydrogens is 344 g/mol. The number of hydrogen-bond donors (Lipinski definition) is 1. The van der Waals surface area contributed by atoms with Crippen molar-refractivity contribution < 1.29 is 8.42 Å². The first-order valence-corrected chi connectivity index (χ1v) is 8.63. The van der Waals surface area contributed by atoms with E-state index in [2.05, 4.69) is 25.6 Å². The largest absolute Gasteiger partial charge is 0.250 e. The first-order valence-electron chi connectivity index (χ1n) is 4.66. The summed E-state index contributed by atoms with van der Waals surface area (Å²) in [5, 5.41) is 2.58. The molecule has 0 bridgehead atoms. The molecule has 0 fully saturated rings. The van der Waals surface area contributed by atoms with Crippen molar-refractivity contribution in [3.05, 3.63) is 32.5 Å². The van der Waals surface area contributed by atoms with Crippen LogP contribution >= 0.6 is 38.6 Å². The van der Waals surface area contributed by atoms with E-state index in [1.165, 1.54) is 22.7 Å². The van der Waals surface area contributed by atoms with Gasteiger partial charge in [-0.25, -0.2) is 18.1 Å². The Bertz CT molecular complexity index is 592. The van der Waals surface area contributed by atoms with E-state index in [0.29, 0.717) is 4.21 Å². The van der Waals surface area contributed by atoms with Gasteiger partial charge in [0.2, 0.25) is 0 Å². The van der Waals surface area contributed by atoms with E-state index >= 15 is 0 Å². The molecule has 8 heteroatoms. The summed E-state index contributed by atoms with van der Waals surface area (Å²) in [5.41, 5.74) is 0. The van der Waals surface area contributed by atoms with Crippen molar-refractivity contribution in [1.29, 1.82) is 0 Å². The second-order valence-electron chi connectivity index (χ2n) is 3.27. The van der Waals surface area contributed by atoms with Gasteiger partial charge < -0.3 is 0 Å². The molecule has 17 heavy (non-hydrogen) atoms. The van der Waals surface area contributed by atoms with E-state index in [4.69, 9.17) is 0 Å².